The third-order valence-corrected chi connectivity index (χ3v) is 4.49. The monoisotopic (exact) mass is 260 g/mol. The summed E-state index contributed by atoms with van der Waals surface area (Å²) in [4.78, 5) is 6.20. The molecule has 2 aromatic rings. The van der Waals surface area contributed by atoms with Crippen molar-refractivity contribution in [3.05, 3.63) is 28.8 Å². The molecule has 2 N–H and O–H groups in total. The minimum atomic E-state index is 0.719. The molecule has 0 unspecified atom stereocenters. The molecule has 1 aromatic carbocycles. The summed E-state index contributed by atoms with van der Waals surface area (Å²) in [5.74, 6) is 0.807. The molecular weight excluding hydrogens is 244 g/mol. The summed E-state index contributed by atoms with van der Waals surface area (Å²) in [5.41, 5.74) is 8.83. The van der Waals surface area contributed by atoms with E-state index < -0.39 is 0 Å². The Morgan fingerprint density at radius 1 is 1.28 bits per heavy atom. The number of aryl methyl sites for hydroxylation is 2. The van der Waals surface area contributed by atoms with Gasteiger partial charge in [0.15, 0.2) is 0 Å². The second kappa shape index (κ2) is 4.61. The van der Waals surface area contributed by atoms with Crippen molar-refractivity contribution < 1.29 is 4.74 Å². The molecule has 0 bridgehead atoms. The standard InChI is InChI=1S/C14H16N2OS/c1-17-12-8-9(15)6-7-10(12)14-16-11-4-2-3-5-13(11)18-14/h6-8H,2-5,15H2,1H3. The highest BCUT2D eigenvalue weighted by molar-refractivity contribution is 7.15. The Morgan fingerprint density at radius 3 is 2.89 bits per heavy atom. The minimum Gasteiger partial charge on any atom is -0.496 e. The lowest BCUT2D eigenvalue weighted by molar-refractivity contribution is 0.416. The summed E-state index contributed by atoms with van der Waals surface area (Å²) in [6, 6.07) is 5.76. The highest BCUT2D eigenvalue weighted by Crippen LogP contribution is 2.37. The SMILES string of the molecule is COc1cc(N)ccc1-c1nc2c(s1)CCCC2. The first-order valence-corrected chi connectivity index (χ1v) is 7.02. The van der Waals surface area contributed by atoms with Gasteiger partial charge in [0.05, 0.1) is 18.4 Å². The zero-order valence-electron chi connectivity index (χ0n) is 10.4. The normalized spacial score (nSPS) is 14.3. The van der Waals surface area contributed by atoms with E-state index in [1.165, 1.54) is 29.8 Å². The van der Waals surface area contributed by atoms with Crippen molar-refractivity contribution in [1.82, 2.24) is 4.98 Å². The number of nitrogen functional groups attached to an aromatic ring is 1. The van der Waals surface area contributed by atoms with E-state index in [4.69, 9.17) is 15.5 Å². The lowest BCUT2D eigenvalue weighted by atomic mass is 10.0. The first-order chi connectivity index (χ1) is 8.78. The molecule has 94 valence electrons. The van der Waals surface area contributed by atoms with Gasteiger partial charge in [0, 0.05) is 16.6 Å². The Bertz CT molecular complexity index is 554. The van der Waals surface area contributed by atoms with Crippen LogP contribution in [0, 0.1) is 0 Å². The van der Waals surface area contributed by atoms with Gasteiger partial charge in [-0.1, -0.05) is 0 Å². The number of aromatic nitrogens is 1. The van der Waals surface area contributed by atoms with Crippen molar-refractivity contribution in [3.8, 4) is 16.3 Å². The fraction of sp³-hybridized carbons (Fsp3) is 0.357. The fourth-order valence-corrected chi connectivity index (χ4v) is 3.53. The van der Waals surface area contributed by atoms with Crippen molar-refractivity contribution >= 4 is 17.0 Å². The summed E-state index contributed by atoms with van der Waals surface area (Å²) in [7, 11) is 1.67. The van der Waals surface area contributed by atoms with Crippen molar-refractivity contribution in [2.24, 2.45) is 0 Å². The first kappa shape index (κ1) is 11.5. The molecule has 1 aromatic heterocycles. The van der Waals surface area contributed by atoms with E-state index >= 15 is 0 Å². The number of methoxy groups -OCH3 is 1. The van der Waals surface area contributed by atoms with E-state index in [9.17, 15) is 0 Å². The van der Waals surface area contributed by atoms with Gasteiger partial charge in [-0.3, -0.25) is 0 Å². The van der Waals surface area contributed by atoms with Crippen molar-refractivity contribution in [2.75, 3.05) is 12.8 Å². The maximum absolute atomic E-state index is 5.78. The van der Waals surface area contributed by atoms with Gasteiger partial charge in [0.1, 0.15) is 10.8 Å². The zero-order valence-corrected chi connectivity index (χ0v) is 11.2. The van der Waals surface area contributed by atoms with Crippen LogP contribution < -0.4 is 10.5 Å². The Morgan fingerprint density at radius 2 is 2.11 bits per heavy atom. The maximum atomic E-state index is 5.78. The fourth-order valence-electron chi connectivity index (χ4n) is 2.35. The van der Waals surface area contributed by atoms with Crippen molar-refractivity contribution in [1.29, 1.82) is 0 Å². The van der Waals surface area contributed by atoms with Crippen LogP contribution in [0.4, 0.5) is 5.69 Å². The smallest absolute Gasteiger partial charge is 0.131 e. The van der Waals surface area contributed by atoms with E-state index in [2.05, 4.69) is 0 Å². The molecule has 1 heterocycles. The molecule has 0 aliphatic heterocycles. The topological polar surface area (TPSA) is 48.1 Å². The molecule has 0 fully saturated rings. The molecule has 0 saturated carbocycles. The number of fused-ring (bicyclic) bond motifs is 1. The molecule has 3 nitrogen and oxygen atoms in total. The number of ether oxygens (including phenoxy) is 1. The zero-order chi connectivity index (χ0) is 12.5. The maximum Gasteiger partial charge on any atom is 0.131 e. The lowest BCUT2D eigenvalue weighted by Gasteiger charge is -2.06. The van der Waals surface area contributed by atoms with Gasteiger partial charge >= 0.3 is 0 Å². The van der Waals surface area contributed by atoms with Crippen LogP contribution in [0.25, 0.3) is 10.6 Å². The van der Waals surface area contributed by atoms with Gasteiger partial charge in [-0.25, -0.2) is 4.98 Å². The van der Waals surface area contributed by atoms with Gasteiger partial charge in [-0.15, -0.1) is 11.3 Å². The van der Waals surface area contributed by atoms with Crippen LogP contribution in [0.2, 0.25) is 0 Å². The lowest BCUT2D eigenvalue weighted by Crippen LogP contribution is -1.99. The van der Waals surface area contributed by atoms with Crippen molar-refractivity contribution in [2.45, 2.75) is 25.7 Å². The summed E-state index contributed by atoms with van der Waals surface area (Å²) >= 11 is 1.79. The Balaban J connectivity index is 2.06. The quantitative estimate of drug-likeness (QED) is 0.843. The van der Waals surface area contributed by atoms with Gasteiger partial charge in [-0.05, 0) is 37.8 Å². The second-order valence-corrected chi connectivity index (χ2v) is 5.64. The van der Waals surface area contributed by atoms with Gasteiger partial charge < -0.3 is 10.5 Å². The van der Waals surface area contributed by atoms with E-state index in [1.54, 1.807) is 18.4 Å². The van der Waals surface area contributed by atoms with Crippen LogP contribution in [-0.2, 0) is 12.8 Å². The van der Waals surface area contributed by atoms with Crippen LogP contribution in [0.1, 0.15) is 23.4 Å². The van der Waals surface area contributed by atoms with Gasteiger partial charge in [-0.2, -0.15) is 0 Å². The minimum absolute atomic E-state index is 0.719. The van der Waals surface area contributed by atoms with Crippen molar-refractivity contribution in [3.63, 3.8) is 0 Å². The van der Waals surface area contributed by atoms with E-state index in [-0.39, 0.29) is 0 Å². The number of hydrogen-bond donors (Lipinski definition) is 1. The first-order valence-electron chi connectivity index (χ1n) is 6.20. The predicted molar refractivity (Wildman–Crippen MR) is 75.2 cm³/mol. The van der Waals surface area contributed by atoms with Crippen LogP contribution >= 0.6 is 11.3 Å². The molecule has 0 radical (unpaired) electrons. The van der Waals surface area contributed by atoms with E-state index in [0.717, 1.165) is 28.4 Å². The predicted octanol–water partition coefficient (Wildman–Crippen LogP) is 3.28. The molecule has 18 heavy (non-hydrogen) atoms. The average molecular weight is 260 g/mol. The number of anilines is 1. The molecule has 0 saturated heterocycles. The van der Waals surface area contributed by atoms with Gasteiger partial charge in [0.25, 0.3) is 0 Å². The third-order valence-electron chi connectivity index (χ3n) is 3.30. The van der Waals surface area contributed by atoms with Crippen LogP contribution in [0.5, 0.6) is 5.75 Å². The molecule has 0 atom stereocenters. The number of nitrogens with two attached hydrogens (primary N) is 1. The number of benzene rings is 1. The van der Waals surface area contributed by atoms with Crippen LogP contribution in [-0.4, -0.2) is 12.1 Å². The van der Waals surface area contributed by atoms with Crippen LogP contribution in [0.15, 0.2) is 18.2 Å². The molecule has 0 spiro atoms. The van der Waals surface area contributed by atoms with E-state index in [1.807, 2.05) is 18.2 Å². The number of nitrogens with zero attached hydrogens (tertiary/aromatic N) is 1. The van der Waals surface area contributed by atoms with Crippen LogP contribution in [0.3, 0.4) is 0 Å². The molecule has 4 heteroatoms. The molecule has 1 aliphatic rings. The largest absolute Gasteiger partial charge is 0.496 e. The summed E-state index contributed by atoms with van der Waals surface area (Å²) in [6.45, 7) is 0. The highest BCUT2D eigenvalue weighted by Gasteiger charge is 2.17. The average Bonchev–Trinajstić information content (AvgIpc) is 2.82. The second-order valence-electron chi connectivity index (χ2n) is 4.56. The molecular formula is C14H16N2OS. The highest BCUT2D eigenvalue weighted by atomic mass is 32.1. The van der Waals surface area contributed by atoms with Gasteiger partial charge in [0.2, 0.25) is 0 Å². The summed E-state index contributed by atoms with van der Waals surface area (Å²) in [5, 5.41) is 1.05. The Kier molecular flexibility index (Phi) is 2.96. The number of thiazole rings is 1. The number of hydrogen-bond acceptors (Lipinski definition) is 4. The Hall–Kier alpha value is -1.55. The Labute approximate surface area is 111 Å². The summed E-state index contributed by atoms with van der Waals surface area (Å²) in [6.07, 6.45) is 4.83. The third kappa shape index (κ3) is 1.97. The van der Waals surface area contributed by atoms with E-state index in [0.29, 0.717) is 0 Å². The summed E-state index contributed by atoms with van der Waals surface area (Å²) < 4.78 is 5.40. The number of rotatable bonds is 2. The molecule has 0 amide bonds. The molecule has 1 aliphatic carbocycles. The molecule has 3 rings (SSSR count).